The van der Waals surface area contributed by atoms with E-state index in [1.165, 1.54) is 0 Å². The highest BCUT2D eigenvalue weighted by atomic mass is 35.5. The van der Waals surface area contributed by atoms with E-state index >= 15 is 0 Å². The minimum Gasteiger partial charge on any atom is -0.494 e. The standard InChI is InChI=1S/C26H31ClO7/c1-3-5-10-32-15-18-13-21(27)17(11-16-6-8-19(9-7-16)33-4-2)12-20(18)26-25(31)24(30)23(29)22(14-28)34-26/h6-9,12-13,22-26,28-31H,4,10-11,14-15H2,1-2H3/t22-,23-,24+,25-,26+/m1/s1. The topological polar surface area (TPSA) is 109 Å². The van der Waals surface area contributed by atoms with Crippen LogP contribution in [-0.4, -0.2) is 64.7 Å². The summed E-state index contributed by atoms with van der Waals surface area (Å²) in [4.78, 5) is 0. The molecule has 1 saturated heterocycles. The molecule has 7 nitrogen and oxygen atoms in total. The normalized spacial score (nSPS) is 24.4. The summed E-state index contributed by atoms with van der Waals surface area (Å²) < 4.78 is 16.9. The van der Waals surface area contributed by atoms with Crippen LogP contribution in [0.15, 0.2) is 36.4 Å². The number of hydrogen-bond acceptors (Lipinski definition) is 7. The number of ether oxygens (including phenoxy) is 3. The first kappa shape index (κ1) is 26.5. The lowest BCUT2D eigenvalue weighted by Gasteiger charge is -2.41. The summed E-state index contributed by atoms with van der Waals surface area (Å²) in [5.41, 5.74) is 3.01. The van der Waals surface area contributed by atoms with Gasteiger partial charge in [-0.15, -0.1) is 5.92 Å². The predicted molar refractivity (Wildman–Crippen MR) is 128 cm³/mol. The van der Waals surface area contributed by atoms with Gasteiger partial charge in [-0.2, -0.15) is 0 Å². The van der Waals surface area contributed by atoms with Crippen molar-refractivity contribution in [2.24, 2.45) is 0 Å². The zero-order chi connectivity index (χ0) is 24.7. The van der Waals surface area contributed by atoms with Gasteiger partial charge in [-0.3, -0.25) is 0 Å². The number of aliphatic hydroxyl groups excluding tert-OH is 4. The van der Waals surface area contributed by atoms with Crippen LogP contribution in [0.25, 0.3) is 0 Å². The van der Waals surface area contributed by atoms with Crippen LogP contribution in [0.1, 0.15) is 42.2 Å². The zero-order valence-electron chi connectivity index (χ0n) is 19.3. The van der Waals surface area contributed by atoms with Crippen LogP contribution in [0.2, 0.25) is 5.02 Å². The van der Waals surface area contributed by atoms with E-state index in [0.717, 1.165) is 16.9 Å². The number of aliphatic hydroxyl groups is 4. The van der Waals surface area contributed by atoms with E-state index in [1.54, 1.807) is 13.0 Å². The van der Waals surface area contributed by atoms with Crippen molar-refractivity contribution in [1.82, 2.24) is 0 Å². The molecule has 0 unspecified atom stereocenters. The molecule has 0 saturated carbocycles. The van der Waals surface area contributed by atoms with Gasteiger partial charge >= 0.3 is 0 Å². The van der Waals surface area contributed by atoms with Gasteiger partial charge in [-0.05, 0) is 60.7 Å². The van der Waals surface area contributed by atoms with Crippen molar-refractivity contribution in [1.29, 1.82) is 0 Å². The average molecular weight is 491 g/mol. The third-order valence-corrected chi connectivity index (χ3v) is 6.10. The summed E-state index contributed by atoms with van der Waals surface area (Å²) in [5.74, 6) is 6.36. The van der Waals surface area contributed by atoms with E-state index in [-0.39, 0.29) is 13.2 Å². The van der Waals surface area contributed by atoms with Crippen molar-refractivity contribution in [2.75, 3.05) is 19.8 Å². The minimum absolute atomic E-state index is 0.155. The first-order valence-electron chi connectivity index (χ1n) is 11.2. The number of halogens is 1. The highest BCUT2D eigenvalue weighted by molar-refractivity contribution is 6.31. The van der Waals surface area contributed by atoms with Crippen molar-refractivity contribution < 1.29 is 34.6 Å². The van der Waals surface area contributed by atoms with Gasteiger partial charge in [0.1, 0.15) is 42.9 Å². The molecular formula is C26H31ClO7. The molecule has 0 spiro atoms. The molecule has 4 N–H and O–H groups in total. The summed E-state index contributed by atoms with van der Waals surface area (Å²) in [5, 5.41) is 41.3. The van der Waals surface area contributed by atoms with Crippen molar-refractivity contribution in [3.05, 3.63) is 63.7 Å². The van der Waals surface area contributed by atoms with Gasteiger partial charge in [-0.1, -0.05) is 35.7 Å². The molecule has 2 aromatic rings. The van der Waals surface area contributed by atoms with E-state index in [9.17, 15) is 20.4 Å². The van der Waals surface area contributed by atoms with Gasteiger partial charge in [0.15, 0.2) is 0 Å². The lowest BCUT2D eigenvalue weighted by Crippen LogP contribution is -2.55. The molecule has 0 aromatic heterocycles. The lowest BCUT2D eigenvalue weighted by atomic mass is 9.87. The minimum atomic E-state index is -1.49. The van der Waals surface area contributed by atoms with Crippen molar-refractivity contribution in [2.45, 2.75) is 57.4 Å². The fourth-order valence-electron chi connectivity index (χ4n) is 3.94. The molecule has 8 heteroatoms. The van der Waals surface area contributed by atoms with Crippen LogP contribution < -0.4 is 4.74 Å². The molecule has 0 bridgehead atoms. The van der Waals surface area contributed by atoms with Crippen LogP contribution in [0.4, 0.5) is 0 Å². The summed E-state index contributed by atoms with van der Waals surface area (Å²) >= 11 is 6.61. The Morgan fingerprint density at radius 2 is 1.76 bits per heavy atom. The van der Waals surface area contributed by atoms with E-state index in [0.29, 0.717) is 29.2 Å². The van der Waals surface area contributed by atoms with Gasteiger partial charge in [-0.25, -0.2) is 0 Å². The summed E-state index contributed by atoms with van der Waals surface area (Å²) in [6.07, 6.45) is -5.84. The zero-order valence-corrected chi connectivity index (χ0v) is 20.0. The number of hydrogen-bond donors (Lipinski definition) is 4. The Bertz CT molecular complexity index is 997. The lowest BCUT2D eigenvalue weighted by molar-refractivity contribution is -0.232. The van der Waals surface area contributed by atoms with Crippen LogP contribution in [0.3, 0.4) is 0 Å². The summed E-state index contributed by atoms with van der Waals surface area (Å²) in [6, 6.07) is 11.3. The molecule has 34 heavy (non-hydrogen) atoms. The molecule has 5 atom stereocenters. The monoisotopic (exact) mass is 490 g/mol. The van der Waals surface area contributed by atoms with Crippen molar-refractivity contribution >= 4 is 11.6 Å². The Morgan fingerprint density at radius 1 is 1.03 bits per heavy atom. The van der Waals surface area contributed by atoms with E-state index in [4.69, 9.17) is 25.8 Å². The van der Waals surface area contributed by atoms with Crippen LogP contribution in [-0.2, 0) is 22.5 Å². The molecule has 184 valence electrons. The van der Waals surface area contributed by atoms with Crippen LogP contribution in [0, 0.1) is 11.8 Å². The number of benzene rings is 2. The van der Waals surface area contributed by atoms with Gasteiger partial charge in [0, 0.05) is 5.02 Å². The highest BCUT2D eigenvalue weighted by Gasteiger charge is 2.44. The first-order chi connectivity index (χ1) is 16.4. The van der Waals surface area contributed by atoms with Crippen LogP contribution >= 0.6 is 11.6 Å². The Balaban J connectivity index is 1.95. The van der Waals surface area contributed by atoms with Crippen molar-refractivity contribution in [3.8, 4) is 17.6 Å². The third kappa shape index (κ3) is 6.29. The molecule has 2 aromatic carbocycles. The second kappa shape index (κ2) is 12.5. The van der Waals surface area contributed by atoms with E-state index in [1.807, 2.05) is 37.3 Å². The molecule has 0 radical (unpaired) electrons. The number of rotatable bonds is 9. The second-order valence-electron chi connectivity index (χ2n) is 8.07. The van der Waals surface area contributed by atoms with Gasteiger partial charge < -0.3 is 34.6 Å². The van der Waals surface area contributed by atoms with Gasteiger partial charge in [0.05, 0.1) is 19.8 Å². The fourth-order valence-corrected chi connectivity index (χ4v) is 4.19. The molecule has 3 rings (SSSR count). The summed E-state index contributed by atoms with van der Waals surface area (Å²) in [7, 11) is 0. The van der Waals surface area contributed by atoms with Gasteiger partial charge in [0.2, 0.25) is 0 Å². The molecule has 1 aliphatic rings. The van der Waals surface area contributed by atoms with Crippen LogP contribution in [0.5, 0.6) is 5.75 Å². The molecule has 1 fully saturated rings. The molecular weight excluding hydrogens is 460 g/mol. The molecule has 0 amide bonds. The fraction of sp³-hybridized carbons (Fsp3) is 0.462. The maximum atomic E-state index is 10.7. The predicted octanol–water partition coefficient (Wildman–Crippen LogP) is 2.38. The maximum Gasteiger partial charge on any atom is 0.119 e. The highest BCUT2D eigenvalue weighted by Crippen LogP contribution is 2.37. The van der Waals surface area contributed by atoms with Gasteiger partial charge in [0.25, 0.3) is 0 Å². The third-order valence-electron chi connectivity index (χ3n) is 5.74. The first-order valence-corrected chi connectivity index (χ1v) is 11.6. The SMILES string of the molecule is CC#CCOCc1cc(Cl)c(Cc2ccc(OCC)cc2)cc1[C@@H]1O[C@H](CO)[C@@H](O)[C@H](O)[C@H]1O. The Kier molecular flexibility index (Phi) is 9.74. The molecule has 1 aliphatic heterocycles. The van der Waals surface area contributed by atoms with E-state index in [2.05, 4.69) is 11.8 Å². The Morgan fingerprint density at radius 3 is 2.41 bits per heavy atom. The molecule has 1 heterocycles. The second-order valence-corrected chi connectivity index (χ2v) is 8.47. The quantitative estimate of drug-likeness (QED) is 0.315. The smallest absolute Gasteiger partial charge is 0.119 e. The van der Waals surface area contributed by atoms with Crippen molar-refractivity contribution in [3.63, 3.8) is 0 Å². The maximum absolute atomic E-state index is 10.7. The molecule has 0 aliphatic carbocycles. The average Bonchev–Trinajstić information content (AvgIpc) is 2.83. The largest absolute Gasteiger partial charge is 0.494 e. The Labute approximate surface area is 204 Å². The summed E-state index contributed by atoms with van der Waals surface area (Å²) in [6.45, 7) is 4.09. The Hall–Kier alpha value is -2.15. The van der Waals surface area contributed by atoms with E-state index < -0.39 is 37.1 Å².